The van der Waals surface area contributed by atoms with Gasteiger partial charge < -0.3 is 15.5 Å². The maximum absolute atomic E-state index is 3.94. The molecule has 0 fully saturated rings. The molecule has 2 N–H and O–H groups in total. The van der Waals surface area contributed by atoms with Crippen LogP contribution >= 0.6 is 0 Å². The van der Waals surface area contributed by atoms with Crippen LogP contribution in [0.4, 0.5) is 5.69 Å². The van der Waals surface area contributed by atoms with Gasteiger partial charge in [-0.3, -0.25) is 0 Å². The maximum atomic E-state index is 3.94. The van der Waals surface area contributed by atoms with Crippen LogP contribution in [0.5, 0.6) is 0 Å². The number of allylic oxidation sites excluding steroid dienone is 1. The van der Waals surface area contributed by atoms with E-state index in [4.69, 9.17) is 0 Å². The van der Waals surface area contributed by atoms with Crippen LogP contribution in [0.3, 0.4) is 0 Å². The van der Waals surface area contributed by atoms with E-state index in [0.717, 1.165) is 23.8 Å². The van der Waals surface area contributed by atoms with Crippen LogP contribution in [0.2, 0.25) is 0 Å². The van der Waals surface area contributed by atoms with Crippen LogP contribution in [-0.4, -0.2) is 6.54 Å². The lowest BCUT2D eigenvalue weighted by atomic mass is 9.95. The van der Waals surface area contributed by atoms with Gasteiger partial charge in [-0.1, -0.05) is 115 Å². The molecule has 0 saturated carbocycles. The standard InChI is InChI=1S/C36H29N3/c1-5-13-26(14-6-1)29-23-30(27-15-7-2-8-16-27)25-31(24-29)35-38-34-33(28-17-9-3-10-18-28)21-22-37-36(34)39(35)32-19-11-4-12-20-32/h1-21,23-25,35,37-38H,22H2. The van der Waals surface area contributed by atoms with Gasteiger partial charge >= 0.3 is 0 Å². The van der Waals surface area contributed by atoms with Crippen molar-refractivity contribution in [1.82, 2.24) is 10.6 Å². The summed E-state index contributed by atoms with van der Waals surface area (Å²) in [4.78, 5) is 2.41. The van der Waals surface area contributed by atoms with Crippen LogP contribution in [0.15, 0.2) is 157 Å². The summed E-state index contributed by atoms with van der Waals surface area (Å²) in [5, 5.41) is 7.63. The molecule has 1 atom stereocenters. The second kappa shape index (κ2) is 10.0. The van der Waals surface area contributed by atoms with Crippen molar-refractivity contribution in [2.75, 3.05) is 11.4 Å². The predicted molar refractivity (Wildman–Crippen MR) is 162 cm³/mol. The maximum Gasteiger partial charge on any atom is 0.133 e. The zero-order valence-electron chi connectivity index (χ0n) is 21.6. The molecule has 0 aliphatic carbocycles. The molecular weight excluding hydrogens is 474 g/mol. The van der Waals surface area contributed by atoms with Crippen LogP contribution in [-0.2, 0) is 0 Å². The molecule has 39 heavy (non-hydrogen) atoms. The molecule has 0 amide bonds. The third-order valence-corrected chi connectivity index (χ3v) is 7.47. The highest BCUT2D eigenvalue weighted by Gasteiger charge is 2.37. The first-order valence-electron chi connectivity index (χ1n) is 13.5. The first kappa shape index (κ1) is 23.1. The van der Waals surface area contributed by atoms with E-state index in [1.54, 1.807) is 0 Å². The Hall–Kier alpha value is -5.02. The monoisotopic (exact) mass is 503 g/mol. The highest BCUT2D eigenvalue weighted by molar-refractivity contribution is 5.84. The normalized spacial score (nSPS) is 16.3. The molecule has 0 saturated heterocycles. The average Bonchev–Trinajstić information content (AvgIpc) is 3.43. The highest BCUT2D eigenvalue weighted by atomic mass is 15.4. The summed E-state index contributed by atoms with van der Waals surface area (Å²) in [6.07, 6.45) is 2.20. The van der Waals surface area contributed by atoms with Crippen molar-refractivity contribution in [2.24, 2.45) is 0 Å². The summed E-state index contributed by atoms with van der Waals surface area (Å²) in [5.41, 5.74) is 10.8. The number of dihydropyridines is 1. The minimum Gasteiger partial charge on any atom is -0.366 e. The quantitative estimate of drug-likeness (QED) is 0.255. The number of para-hydroxylation sites is 1. The van der Waals surface area contributed by atoms with E-state index in [1.165, 1.54) is 39.0 Å². The van der Waals surface area contributed by atoms with Crippen molar-refractivity contribution in [3.8, 4) is 22.3 Å². The molecule has 7 rings (SSSR count). The fourth-order valence-electron chi connectivity index (χ4n) is 5.63. The molecule has 0 radical (unpaired) electrons. The second-order valence-corrected chi connectivity index (χ2v) is 9.92. The number of hydrogen-bond acceptors (Lipinski definition) is 3. The summed E-state index contributed by atoms with van der Waals surface area (Å²) >= 11 is 0. The van der Waals surface area contributed by atoms with Crippen molar-refractivity contribution in [1.29, 1.82) is 0 Å². The zero-order valence-corrected chi connectivity index (χ0v) is 21.6. The minimum atomic E-state index is -0.0822. The van der Waals surface area contributed by atoms with E-state index in [-0.39, 0.29) is 6.17 Å². The van der Waals surface area contributed by atoms with Gasteiger partial charge in [-0.2, -0.15) is 0 Å². The molecular formula is C36H29N3. The predicted octanol–water partition coefficient (Wildman–Crippen LogP) is 7.98. The van der Waals surface area contributed by atoms with Gasteiger partial charge in [0.1, 0.15) is 12.0 Å². The third-order valence-electron chi connectivity index (χ3n) is 7.47. The van der Waals surface area contributed by atoms with Gasteiger partial charge in [0.05, 0.1) is 5.70 Å². The summed E-state index contributed by atoms with van der Waals surface area (Å²) in [7, 11) is 0. The number of nitrogens with one attached hydrogen (secondary N) is 2. The third kappa shape index (κ3) is 4.38. The van der Waals surface area contributed by atoms with E-state index >= 15 is 0 Å². The topological polar surface area (TPSA) is 27.3 Å². The summed E-state index contributed by atoms with van der Waals surface area (Å²) < 4.78 is 0. The Balaban J connectivity index is 1.39. The Kier molecular flexibility index (Phi) is 5.95. The van der Waals surface area contributed by atoms with E-state index in [2.05, 4.69) is 161 Å². The fraction of sp³-hybridized carbons (Fsp3) is 0.0556. The molecule has 0 aromatic heterocycles. The molecule has 3 heteroatoms. The number of nitrogens with zero attached hydrogens (tertiary/aromatic N) is 1. The summed E-state index contributed by atoms with van der Waals surface area (Å²) in [6, 6.07) is 49.6. The molecule has 3 nitrogen and oxygen atoms in total. The van der Waals surface area contributed by atoms with Crippen molar-refractivity contribution in [2.45, 2.75) is 6.17 Å². The van der Waals surface area contributed by atoms with Gasteiger partial charge in [-0.05, 0) is 63.7 Å². The van der Waals surface area contributed by atoms with Gasteiger partial charge in [0.2, 0.25) is 0 Å². The van der Waals surface area contributed by atoms with Gasteiger partial charge in [-0.15, -0.1) is 0 Å². The molecule has 2 heterocycles. The van der Waals surface area contributed by atoms with E-state index in [0.29, 0.717) is 0 Å². The van der Waals surface area contributed by atoms with Crippen LogP contribution in [0.25, 0.3) is 27.8 Å². The van der Waals surface area contributed by atoms with Crippen molar-refractivity contribution in [3.63, 3.8) is 0 Å². The lowest BCUT2D eigenvalue weighted by Crippen LogP contribution is -2.34. The Morgan fingerprint density at radius 1 is 0.538 bits per heavy atom. The summed E-state index contributed by atoms with van der Waals surface area (Å²) in [6.45, 7) is 0.778. The Bertz CT molecular complexity index is 1600. The molecule has 5 aromatic rings. The molecule has 0 spiro atoms. The van der Waals surface area contributed by atoms with Crippen LogP contribution < -0.4 is 15.5 Å². The van der Waals surface area contributed by atoms with Gasteiger partial charge in [0.25, 0.3) is 0 Å². The molecule has 188 valence electrons. The van der Waals surface area contributed by atoms with Crippen molar-refractivity contribution < 1.29 is 0 Å². The smallest absolute Gasteiger partial charge is 0.133 e. The van der Waals surface area contributed by atoms with E-state index in [1.807, 2.05) is 0 Å². The first-order valence-corrected chi connectivity index (χ1v) is 13.5. The van der Waals surface area contributed by atoms with E-state index < -0.39 is 0 Å². The number of benzene rings is 5. The zero-order chi connectivity index (χ0) is 26.0. The van der Waals surface area contributed by atoms with Gasteiger partial charge in [0, 0.05) is 17.8 Å². The molecule has 0 bridgehead atoms. The first-order chi connectivity index (χ1) is 19.3. The Morgan fingerprint density at radius 3 is 1.62 bits per heavy atom. The van der Waals surface area contributed by atoms with Crippen LogP contribution in [0, 0.1) is 0 Å². The Labute approximate surface area is 229 Å². The fourth-order valence-corrected chi connectivity index (χ4v) is 5.63. The SMILES string of the molecule is C1=C(c2ccccc2)C2=C(NC1)N(c1ccccc1)C(c1cc(-c3ccccc3)cc(-c3ccccc3)c1)N2. The highest BCUT2D eigenvalue weighted by Crippen LogP contribution is 2.42. The van der Waals surface area contributed by atoms with Gasteiger partial charge in [-0.25, -0.2) is 0 Å². The average molecular weight is 504 g/mol. The Morgan fingerprint density at radius 2 is 1.05 bits per heavy atom. The lowest BCUT2D eigenvalue weighted by Gasteiger charge is -2.30. The largest absolute Gasteiger partial charge is 0.366 e. The second-order valence-electron chi connectivity index (χ2n) is 9.92. The molecule has 1 unspecified atom stereocenters. The van der Waals surface area contributed by atoms with E-state index in [9.17, 15) is 0 Å². The molecule has 2 aliphatic rings. The number of hydrogen-bond donors (Lipinski definition) is 2. The van der Waals surface area contributed by atoms with Crippen molar-refractivity contribution in [3.05, 3.63) is 168 Å². The summed E-state index contributed by atoms with van der Waals surface area (Å²) in [5.74, 6) is 1.11. The number of rotatable bonds is 5. The van der Waals surface area contributed by atoms with Gasteiger partial charge in [0.15, 0.2) is 0 Å². The molecule has 2 aliphatic heterocycles. The molecule has 5 aromatic carbocycles. The number of anilines is 1. The van der Waals surface area contributed by atoms with Crippen LogP contribution in [0.1, 0.15) is 17.3 Å². The van der Waals surface area contributed by atoms with Crippen molar-refractivity contribution >= 4 is 11.3 Å². The minimum absolute atomic E-state index is 0.0822. The lowest BCUT2D eigenvalue weighted by molar-refractivity contribution is 0.643.